The van der Waals surface area contributed by atoms with Gasteiger partial charge in [0.25, 0.3) is 5.91 Å². The Balaban J connectivity index is 1.51. The van der Waals surface area contributed by atoms with Crippen molar-refractivity contribution < 1.29 is 13.7 Å². The summed E-state index contributed by atoms with van der Waals surface area (Å²) in [7, 11) is 0. The van der Waals surface area contributed by atoms with Crippen LogP contribution in [0.3, 0.4) is 0 Å². The molecule has 6 nitrogen and oxygen atoms in total. The summed E-state index contributed by atoms with van der Waals surface area (Å²) in [6.07, 6.45) is 4.90. The van der Waals surface area contributed by atoms with Crippen molar-refractivity contribution in [2.24, 2.45) is 0 Å². The van der Waals surface area contributed by atoms with Gasteiger partial charge in [0, 0.05) is 35.5 Å². The van der Waals surface area contributed by atoms with Gasteiger partial charge in [0.1, 0.15) is 5.82 Å². The Morgan fingerprint density at radius 1 is 1.30 bits per heavy atom. The number of rotatable bonds is 3. The van der Waals surface area contributed by atoms with E-state index in [4.69, 9.17) is 4.52 Å². The summed E-state index contributed by atoms with van der Waals surface area (Å²) in [5.41, 5.74) is 1.10. The number of aromatic nitrogens is 3. The topological polar surface area (TPSA) is 72.1 Å². The van der Waals surface area contributed by atoms with Gasteiger partial charge >= 0.3 is 0 Å². The smallest absolute Gasteiger partial charge is 0.255 e. The Hall–Kier alpha value is -2.61. The zero-order chi connectivity index (χ0) is 18.8. The van der Waals surface area contributed by atoms with E-state index < -0.39 is 0 Å². The molecule has 0 bridgehead atoms. The second-order valence-electron chi connectivity index (χ2n) is 6.45. The van der Waals surface area contributed by atoms with Crippen molar-refractivity contribution in [2.75, 3.05) is 13.1 Å². The van der Waals surface area contributed by atoms with E-state index >= 15 is 0 Å². The van der Waals surface area contributed by atoms with Crippen LogP contribution in [0.1, 0.15) is 35.0 Å². The average Bonchev–Trinajstić information content (AvgIpc) is 3.18. The van der Waals surface area contributed by atoms with E-state index in [0.29, 0.717) is 35.9 Å². The van der Waals surface area contributed by atoms with Crippen molar-refractivity contribution in [3.63, 3.8) is 0 Å². The normalized spacial score (nSPS) is 17.1. The molecule has 1 fully saturated rings. The van der Waals surface area contributed by atoms with Crippen LogP contribution in [-0.2, 0) is 0 Å². The average molecular weight is 431 g/mol. The minimum atomic E-state index is -0.351. The molecule has 0 aliphatic carbocycles. The molecule has 2 aromatic heterocycles. The summed E-state index contributed by atoms with van der Waals surface area (Å²) in [6.45, 7) is 1.17. The van der Waals surface area contributed by atoms with Gasteiger partial charge in [-0.25, -0.2) is 4.39 Å². The summed E-state index contributed by atoms with van der Waals surface area (Å²) in [4.78, 5) is 23.0. The zero-order valence-electron chi connectivity index (χ0n) is 14.3. The first-order valence-corrected chi connectivity index (χ1v) is 9.39. The van der Waals surface area contributed by atoms with E-state index in [-0.39, 0.29) is 17.6 Å². The van der Waals surface area contributed by atoms with Crippen LogP contribution in [0.15, 0.2) is 51.7 Å². The molecule has 1 saturated heterocycles. The molecule has 0 radical (unpaired) electrons. The van der Waals surface area contributed by atoms with Crippen LogP contribution in [0.4, 0.5) is 4.39 Å². The lowest BCUT2D eigenvalue weighted by Gasteiger charge is -2.31. The van der Waals surface area contributed by atoms with Gasteiger partial charge in [0.2, 0.25) is 11.7 Å². The second kappa shape index (κ2) is 7.56. The van der Waals surface area contributed by atoms with E-state index in [1.165, 1.54) is 12.1 Å². The number of hydrogen-bond donors (Lipinski definition) is 0. The number of amides is 1. The van der Waals surface area contributed by atoms with Crippen molar-refractivity contribution in [1.29, 1.82) is 0 Å². The zero-order valence-corrected chi connectivity index (χ0v) is 15.9. The maximum atomic E-state index is 13.4. The second-order valence-corrected chi connectivity index (χ2v) is 7.36. The number of halogens is 2. The summed E-state index contributed by atoms with van der Waals surface area (Å²) in [5, 5.41) is 3.97. The Morgan fingerprint density at radius 3 is 3.00 bits per heavy atom. The highest BCUT2D eigenvalue weighted by Gasteiger charge is 2.29. The highest BCUT2D eigenvalue weighted by Crippen LogP contribution is 2.28. The van der Waals surface area contributed by atoms with Gasteiger partial charge in [-0.3, -0.25) is 9.78 Å². The molecule has 1 amide bonds. The van der Waals surface area contributed by atoms with E-state index in [0.717, 1.165) is 17.3 Å². The fourth-order valence-electron chi connectivity index (χ4n) is 3.22. The number of carbonyl (C=O) groups is 1. The molecular formula is C19H16BrFN4O2. The molecule has 27 heavy (non-hydrogen) atoms. The minimum Gasteiger partial charge on any atom is -0.339 e. The highest BCUT2D eigenvalue weighted by atomic mass is 79.9. The van der Waals surface area contributed by atoms with Gasteiger partial charge in [0.15, 0.2) is 0 Å². The highest BCUT2D eigenvalue weighted by molar-refractivity contribution is 9.10. The fraction of sp³-hybridized carbons (Fsp3) is 0.263. The third-order valence-electron chi connectivity index (χ3n) is 4.53. The first kappa shape index (κ1) is 17.8. The van der Waals surface area contributed by atoms with Crippen molar-refractivity contribution in [3.05, 3.63) is 64.5 Å². The molecule has 4 rings (SSSR count). The fourth-order valence-corrected chi connectivity index (χ4v) is 3.59. The molecule has 1 aromatic carbocycles. The molecule has 0 saturated carbocycles. The molecule has 1 aliphatic heterocycles. The van der Waals surface area contributed by atoms with E-state index in [2.05, 4.69) is 31.1 Å². The van der Waals surface area contributed by atoms with Crippen LogP contribution in [0.5, 0.6) is 0 Å². The summed E-state index contributed by atoms with van der Waals surface area (Å²) >= 11 is 3.34. The number of likely N-dealkylation sites (tertiary alicyclic amines) is 1. The van der Waals surface area contributed by atoms with E-state index in [9.17, 15) is 9.18 Å². The Labute approximate surface area is 163 Å². The number of carbonyl (C=O) groups excluding carboxylic acids is 1. The molecule has 1 unspecified atom stereocenters. The third-order valence-corrected chi connectivity index (χ3v) is 4.97. The number of pyridine rings is 1. The van der Waals surface area contributed by atoms with Gasteiger partial charge in [0.05, 0.1) is 11.5 Å². The monoisotopic (exact) mass is 430 g/mol. The predicted octanol–water partition coefficient (Wildman–Crippen LogP) is 4.05. The molecule has 0 N–H and O–H groups in total. The molecule has 8 heteroatoms. The van der Waals surface area contributed by atoms with Crippen LogP contribution in [0.2, 0.25) is 0 Å². The molecular weight excluding hydrogens is 415 g/mol. The van der Waals surface area contributed by atoms with Crippen LogP contribution in [-0.4, -0.2) is 39.0 Å². The van der Waals surface area contributed by atoms with Crippen molar-refractivity contribution >= 4 is 21.8 Å². The lowest BCUT2D eigenvalue weighted by atomic mass is 9.97. The van der Waals surface area contributed by atoms with Gasteiger partial charge in [-0.15, -0.1) is 0 Å². The van der Waals surface area contributed by atoms with Crippen LogP contribution >= 0.6 is 15.9 Å². The maximum Gasteiger partial charge on any atom is 0.255 e. The Kier molecular flexibility index (Phi) is 4.98. The van der Waals surface area contributed by atoms with Crippen LogP contribution in [0, 0.1) is 5.82 Å². The summed E-state index contributed by atoms with van der Waals surface area (Å²) in [6, 6.07) is 7.83. The molecule has 1 atom stereocenters. The number of piperidine rings is 1. The molecule has 3 aromatic rings. The van der Waals surface area contributed by atoms with Gasteiger partial charge < -0.3 is 9.42 Å². The van der Waals surface area contributed by atoms with Crippen LogP contribution in [0.25, 0.3) is 11.4 Å². The van der Waals surface area contributed by atoms with Gasteiger partial charge in [-0.05, 0) is 47.0 Å². The largest absolute Gasteiger partial charge is 0.339 e. The first-order valence-electron chi connectivity index (χ1n) is 8.59. The lowest BCUT2D eigenvalue weighted by molar-refractivity contribution is 0.0695. The summed E-state index contributed by atoms with van der Waals surface area (Å²) in [5.74, 6) is 0.357. The van der Waals surface area contributed by atoms with Gasteiger partial charge in [-0.1, -0.05) is 17.3 Å². The first-order chi connectivity index (χ1) is 13.1. The van der Waals surface area contributed by atoms with E-state index in [1.54, 1.807) is 35.5 Å². The Morgan fingerprint density at radius 2 is 2.19 bits per heavy atom. The molecule has 138 valence electrons. The number of benzene rings is 1. The third kappa shape index (κ3) is 3.90. The van der Waals surface area contributed by atoms with Crippen molar-refractivity contribution in [3.8, 4) is 11.4 Å². The maximum absolute atomic E-state index is 13.4. The molecule has 1 aliphatic rings. The summed E-state index contributed by atoms with van der Waals surface area (Å²) < 4.78 is 19.6. The number of hydrogen-bond acceptors (Lipinski definition) is 5. The molecule has 3 heterocycles. The van der Waals surface area contributed by atoms with Crippen molar-refractivity contribution in [2.45, 2.75) is 18.8 Å². The lowest BCUT2D eigenvalue weighted by Crippen LogP contribution is -2.39. The van der Waals surface area contributed by atoms with Gasteiger partial charge in [-0.2, -0.15) is 4.98 Å². The quantitative estimate of drug-likeness (QED) is 0.626. The Bertz CT molecular complexity index is 978. The SMILES string of the molecule is O=C(c1cncc(Br)c1)N1CCCC(c2nc(-c3cccc(F)c3)no2)C1. The predicted molar refractivity (Wildman–Crippen MR) is 99.5 cm³/mol. The molecule has 0 spiro atoms. The van der Waals surface area contributed by atoms with E-state index in [1.807, 2.05) is 0 Å². The number of nitrogens with zero attached hydrogens (tertiary/aromatic N) is 4. The van der Waals surface area contributed by atoms with Crippen LogP contribution < -0.4 is 0 Å². The minimum absolute atomic E-state index is 0.0439. The standard InChI is InChI=1S/C19H16BrFN4O2/c20-15-7-14(9-22-10-15)19(26)25-6-2-4-13(11-25)18-23-17(24-27-18)12-3-1-5-16(21)8-12/h1,3,5,7-10,13H,2,4,6,11H2. The van der Waals surface area contributed by atoms with Crippen molar-refractivity contribution in [1.82, 2.24) is 20.0 Å².